The number of rotatable bonds is 5. The number of hydrogen-bond acceptors (Lipinski definition) is 4. The molecule has 0 saturated heterocycles. The van der Waals surface area contributed by atoms with Gasteiger partial charge in [0, 0.05) is 19.2 Å². The fraction of sp³-hybridized carbons (Fsp3) is 0.667. The van der Waals surface area contributed by atoms with Crippen molar-refractivity contribution >= 4 is 0 Å². The van der Waals surface area contributed by atoms with Gasteiger partial charge in [0.15, 0.2) is 0 Å². The van der Waals surface area contributed by atoms with Crippen LogP contribution in [-0.2, 0) is 0 Å². The van der Waals surface area contributed by atoms with Crippen LogP contribution in [-0.4, -0.2) is 29.4 Å². The molecular formula is C12H19NO3. The monoisotopic (exact) mass is 225 g/mol. The molecule has 1 aliphatic rings. The lowest BCUT2D eigenvalue weighted by Gasteiger charge is -2.20. The van der Waals surface area contributed by atoms with E-state index >= 15 is 0 Å². The van der Waals surface area contributed by atoms with Crippen LogP contribution in [0.5, 0.6) is 0 Å². The Labute approximate surface area is 95.3 Å². The van der Waals surface area contributed by atoms with E-state index in [1.54, 1.807) is 18.4 Å². The molecule has 0 radical (unpaired) electrons. The number of hydrogen-bond donors (Lipinski definition) is 3. The maximum Gasteiger partial charge on any atom is 0.133 e. The summed E-state index contributed by atoms with van der Waals surface area (Å²) in [7, 11) is 0. The van der Waals surface area contributed by atoms with Gasteiger partial charge in [-0.1, -0.05) is 6.42 Å². The van der Waals surface area contributed by atoms with Gasteiger partial charge in [-0.3, -0.25) is 0 Å². The molecule has 2 rings (SSSR count). The largest absolute Gasteiger partial charge is 0.467 e. The molecule has 1 heterocycles. The van der Waals surface area contributed by atoms with Gasteiger partial charge in [0.05, 0.1) is 6.26 Å². The third-order valence-corrected chi connectivity index (χ3v) is 3.34. The fourth-order valence-corrected chi connectivity index (χ4v) is 2.37. The van der Waals surface area contributed by atoms with E-state index in [0.717, 1.165) is 19.3 Å². The minimum atomic E-state index is -0.602. The van der Waals surface area contributed by atoms with Crippen LogP contribution in [0.4, 0.5) is 0 Å². The lowest BCUT2D eigenvalue weighted by Crippen LogP contribution is -2.36. The van der Waals surface area contributed by atoms with Crippen molar-refractivity contribution in [2.24, 2.45) is 5.92 Å². The van der Waals surface area contributed by atoms with E-state index in [2.05, 4.69) is 5.32 Å². The highest BCUT2D eigenvalue weighted by Gasteiger charge is 2.26. The first-order chi connectivity index (χ1) is 7.81. The maximum absolute atomic E-state index is 9.81. The summed E-state index contributed by atoms with van der Waals surface area (Å²) in [6.45, 7) is 0.712. The molecular weight excluding hydrogens is 206 g/mol. The Balaban J connectivity index is 1.78. The molecule has 0 aromatic carbocycles. The van der Waals surface area contributed by atoms with Crippen LogP contribution >= 0.6 is 0 Å². The third kappa shape index (κ3) is 2.64. The van der Waals surface area contributed by atoms with Gasteiger partial charge < -0.3 is 19.9 Å². The SMILES string of the molecule is OCC1CCCC1NCC(O)c1ccco1. The van der Waals surface area contributed by atoms with Crippen molar-refractivity contribution in [1.82, 2.24) is 5.32 Å². The van der Waals surface area contributed by atoms with Gasteiger partial charge in [0.25, 0.3) is 0 Å². The molecule has 0 aliphatic heterocycles. The molecule has 1 saturated carbocycles. The van der Waals surface area contributed by atoms with Gasteiger partial charge in [-0.15, -0.1) is 0 Å². The third-order valence-electron chi connectivity index (χ3n) is 3.34. The van der Waals surface area contributed by atoms with E-state index in [-0.39, 0.29) is 6.61 Å². The van der Waals surface area contributed by atoms with Crippen molar-refractivity contribution in [3.05, 3.63) is 24.2 Å². The molecule has 3 atom stereocenters. The Bertz CT molecular complexity index is 299. The second kappa shape index (κ2) is 5.48. The first-order valence-electron chi connectivity index (χ1n) is 5.87. The zero-order valence-electron chi connectivity index (χ0n) is 9.30. The zero-order chi connectivity index (χ0) is 11.4. The van der Waals surface area contributed by atoms with Crippen LogP contribution in [0.3, 0.4) is 0 Å². The van der Waals surface area contributed by atoms with Crippen molar-refractivity contribution in [3.8, 4) is 0 Å². The molecule has 3 unspecified atom stereocenters. The molecule has 1 aromatic heterocycles. The second-order valence-electron chi connectivity index (χ2n) is 4.42. The van der Waals surface area contributed by atoms with E-state index in [1.165, 1.54) is 0 Å². The average Bonchev–Trinajstić information content (AvgIpc) is 2.96. The summed E-state index contributed by atoms with van der Waals surface area (Å²) in [6.07, 6.45) is 4.26. The van der Waals surface area contributed by atoms with Crippen LogP contribution in [0, 0.1) is 5.92 Å². The predicted octanol–water partition coefficient (Wildman–Crippen LogP) is 1.06. The number of furan rings is 1. The first-order valence-corrected chi connectivity index (χ1v) is 5.87. The van der Waals surface area contributed by atoms with Gasteiger partial charge in [0.2, 0.25) is 0 Å². The summed E-state index contributed by atoms with van der Waals surface area (Å²) >= 11 is 0. The minimum absolute atomic E-state index is 0.231. The van der Waals surface area contributed by atoms with Crippen LogP contribution in [0.1, 0.15) is 31.1 Å². The van der Waals surface area contributed by atoms with Crippen LogP contribution in [0.2, 0.25) is 0 Å². The van der Waals surface area contributed by atoms with Crippen molar-refractivity contribution in [3.63, 3.8) is 0 Å². The summed E-state index contributed by atoms with van der Waals surface area (Å²) in [5.41, 5.74) is 0. The lowest BCUT2D eigenvalue weighted by molar-refractivity contribution is 0.134. The molecule has 90 valence electrons. The molecule has 0 spiro atoms. The minimum Gasteiger partial charge on any atom is -0.467 e. The van der Waals surface area contributed by atoms with Crippen LogP contribution in [0.15, 0.2) is 22.8 Å². The fourth-order valence-electron chi connectivity index (χ4n) is 2.37. The Morgan fingerprint density at radius 3 is 3.06 bits per heavy atom. The van der Waals surface area contributed by atoms with E-state index in [1.807, 2.05) is 0 Å². The summed E-state index contributed by atoms with van der Waals surface area (Å²) in [6, 6.07) is 3.87. The molecule has 16 heavy (non-hydrogen) atoms. The van der Waals surface area contributed by atoms with E-state index in [4.69, 9.17) is 9.52 Å². The van der Waals surface area contributed by atoms with Gasteiger partial charge in [0.1, 0.15) is 11.9 Å². The zero-order valence-corrected chi connectivity index (χ0v) is 9.30. The first kappa shape index (κ1) is 11.6. The Kier molecular flexibility index (Phi) is 3.98. The standard InChI is InChI=1S/C12H19NO3/c14-8-9-3-1-4-10(9)13-7-11(15)12-5-2-6-16-12/h2,5-6,9-11,13-15H,1,3-4,7-8H2. The highest BCUT2D eigenvalue weighted by molar-refractivity contribution is 5.02. The molecule has 4 nitrogen and oxygen atoms in total. The van der Waals surface area contributed by atoms with Crippen LogP contribution < -0.4 is 5.32 Å². The number of nitrogens with one attached hydrogen (secondary N) is 1. The normalized spacial score (nSPS) is 27.1. The van der Waals surface area contributed by atoms with Gasteiger partial charge in [-0.25, -0.2) is 0 Å². The molecule has 1 aliphatic carbocycles. The Morgan fingerprint density at radius 2 is 2.38 bits per heavy atom. The molecule has 1 aromatic rings. The average molecular weight is 225 g/mol. The molecule has 4 heteroatoms. The summed E-state index contributed by atoms with van der Waals surface area (Å²) in [5, 5.41) is 22.3. The van der Waals surface area contributed by atoms with E-state index in [9.17, 15) is 5.11 Å². The van der Waals surface area contributed by atoms with Gasteiger partial charge in [-0.2, -0.15) is 0 Å². The summed E-state index contributed by atoms with van der Waals surface area (Å²) in [5.74, 6) is 0.926. The van der Waals surface area contributed by atoms with Gasteiger partial charge >= 0.3 is 0 Å². The molecule has 0 bridgehead atoms. The highest BCUT2D eigenvalue weighted by Crippen LogP contribution is 2.25. The van der Waals surface area contributed by atoms with Crippen LogP contribution in [0.25, 0.3) is 0 Å². The Morgan fingerprint density at radius 1 is 1.50 bits per heavy atom. The second-order valence-corrected chi connectivity index (χ2v) is 4.42. The number of aliphatic hydroxyl groups excluding tert-OH is 2. The van der Waals surface area contributed by atoms with E-state index < -0.39 is 6.10 Å². The predicted molar refractivity (Wildman–Crippen MR) is 59.9 cm³/mol. The van der Waals surface area contributed by atoms with Crippen molar-refractivity contribution in [2.45, 2.75) is 31.4 Å². The van der Waals surface area contributed by atoms with Crippen molar-refractivity contribution in [1.29, 1.82) is 0 Å². The summed E-state index contributed by atoms with van der Waals surface area (Å²) in [4.78, 5) is 0. The summed E-state index contributed by atoms with van der Waals surface area (Å²) < 4.78 is 5.12. The smallest absolute Gasteiger partial charge is 0.133 e. The number of aliphatic hydroxyl groups is 2. The Hall–Kier alpha value is -0.840. The van der Waals surface area contributed by atoms with Gasteiger partial charge in [-0.05, 0) is 30.9 Å². The lowest BCUT2D eigenvalue weighted by atomic mass is 10.0. The molecule has 0 amide bonds. The molecule has 1 fully saturated rings. The topological polar surface area (TPSA) is 65.6 Å². The molecule has 3 N–H and O–H groups in total. The highest BCUT2D eigenvalue weighted by atomic mass is 16.4. The quantitative estimate of drug-likeness (QED) is 0.701. The van der Waals surface area contributed by atoms with Crippen molar-refractivity contribution < 1.29 is 14.6 Å². The van der Waals surface area contributed by atoms with Crippen molar-refractivity contribution in [2.75, 3.05) is 13.2 Å². The maximum atomic E-state index is 9.81. The van der Waals surface area contributed by atoms with E-state index in [0.29, 0.717) is 24.3 Å².